The Balaban J connectivity index is 1.65. The van der Waals surface area contributed by atoms with Crippen molar-refractivity contribution in [3.05, 3.63) is 0 Å². The molecule has 0 radical (unpaired) electrons. The summed E-state index contributed by atoms with van der Waals surface area (Å²) < 4.78 is 54.1. The van der Waals surface area contributed by atoms with E-state index in [0.717, 1.165) is 0 Å². The predicted molar refractivity (Wildman–Crippen MR) is 99.0 cm³/mol. The lowest BCUT2D eigenvalue weighted by atomic mass is 9.97. The van der Waals surface area contributed by atoms with Gasteiger partial charge < -0.3 is 69.6 Å². The Hall–Kier alpha value is -0.700. The fourth-order valence-electron chi connectivity index (χ4n) is 3.89. The smallest absolute Gasteiger partial charge is 0.192 e. The van der Waals surface area contributed by atoms with Crippen LogP contribution in [0.4, 0.5) is 8.78 Å². The topological polar surface area (TPSA) is 228 Å². The number of halogens is 2. The number of alkyl halides is 2. The third-order valence-corrected chi connectivity index (χ3v) is 5.99. The van der Waals surface area contributed by atoms with Gasteiger partial charge in [-0.2, -0.15) is 0 Å². The average Bonchev–Trinajstić information content (AvgIpc) is 2.82. The molecule has 3 rings (SSSR count). The third kappa shape index (κ3) is 5.50. The van der Waals surface area contributed by atoms with E-state index in [1.807, 2.05) is 0 Å². The molecule has 0 saturated carbocycles. The Morgan fingerprint density at radius 2 is 1.09 bits per heavy atom. The van der Waals surface area contributed by atoms with Crippen LogP contribution < -0.4 is 0 Å². The molecule has 9 N–H and O–H groups in total. The molecule has 14 nitrogen and oxygen atoms in total. The molecular weight excluding hydrogens is 478 g/mol. The maximum Gasteiger partial charge on any atom is 0.192 e. The predicted octanol–water partition coefficient (Wildman–Crippen LogP) is -5.62. The van der Waals surface area contributed by atoms with Gasteiger partial charge in [0.15, 0.2) is 31.2 Å². The third-order valence-electron chi connectivity index (χ3n) is 5.99. The summed E-state index contributed by atoms with van der Waals surface area (Å²) in [5.41, 5.74) is 0. The second-order valence-electron chi connectivity index (χ2n) is 8.28. The van der Waals surface area contributed by atoms with Crippen molar-refractivity contribution < 1.29 is 78.4 Å². The molecule has 3 fully saturated rings. The summed E-state index contributed by atoms with van der Waals surface area (Å²) in [6.45, 7) is -2.30. The van der Waals surface area contributed by atoms with Crippen LogP contribution in [0.2, 0.25) is 0 Å². The summed E-state index contributed by atoms with van der Waals surface area (Å²) in [5, 5.41) is 88.0. The van der Waals surface area contributed by atoms with Crippen LogP contribution in [0, 0.1) is 0 Å². The van der Waals surface area contributed by atoms with Crippen LogP contribution in [-0.4, -0.2) is 158 Å². The van der Waals surface area contributed by atoms with E-state index >= 15 is 0 Å². The lowest BCUT2D eigenvalue weighted by molar-refractivity contribution is -0.355. The van der Waals surface area contributed by atoms with Crippen LogP contribution in [-0.2, 0) is 23.7 Å². The molecule has 3 aliphatic rings. The molecule has 3 saturated heterocycles. The van der Waals surface area contributed by atoms with Crippen LogP contribution in [0.25, 0.3) is 0 Å². The van der Waals surface area contributed by atoms with E-state index in [4.69, 9.17) is 23.7 Å². The number of aliphatic hydroxyl groups excluding tert-OH is 9. The van der Waals surface area contributed by atoms with E-state index in [2.05, 4.69) is 0 Å². The Bertz CT molecular complexity index is 646. The molecule has 34 heavy (non-hydrogen) atoms. The lowest BCUT2D eigenvalue weighted by Crippen LogP contribution is -2.64. The summed E-state index contributed by atoms with van der Waals surface area (Å²) in [7, 11) is 0. The molecule has 0 aromatic rings. The molecule has 0 spiro atoms. The molecule has 0 bridgehead atoms. The summed E-state index contributed by atoms with van der Waals surface area (Å²) >= 11 is 0. The van der Waals surface area contributed by atoms with Crippen molar-refractivity contribution >= 4 is 0 Å². The SMILES string of the molecule is OC[C@H]1O[C@H](OC[C@H]2OC(O)[C@@H](O)[C@@H](O[C@H]3O[C@H](CO)[C@@H](O)[C@H](O)[C@@H]3F)[C@@H]2O)[C@@H](F)[C@@H](O)[C@@H]1O. The van der Waals surface area contributed by atoms with E-state index < -0.39 is 112 Å². The summed E-state index contributed by atoms with van der Waals surface area (Å²) in [6, 6.07) is 0. The minimum Gasteiger partial charge on any atom is -0.394 e. The van der Waals surface area contributed by atoms with Gasteiger partial charge in [0.05, 0.1) is 19.8 Å². The van der Waals surface area contributed by atoms with Crippen molar-refractivity contribution in [2.45, 2.75) is 92.3 Å². The molecule has 0 amide bonds. The normalized spacial score (nSPS) is 52.5. The standard InChI is InChI=1S/C18H30F2O14/c19-7-12(26)9(23)4(1-21)32-17(7)30-3-6-11(25)15(14(28)16(29)31-6)34-18-8(20)13(27)10(24)5(2-22)33-18/h4-18,21-29H,1-3H2/t4-,5-,6-,7+,8+,9-,10-,11-,12-,13-,14+,15+,16?,17+,18-/m1/s1. The maximum absolute atomic E-state index is 14.4. The van der Waals surface area contributed by atoms with Crippen molar-refractivity contribution in [3.63, 3.8) is 0 Å². The zero-order valence-electron chi connectivity index (χ0n) is 17.6. The summed E-state index contributed by atoms with van der Waals surface area (Å²) in [4.78, 5) is 0. The Morgan fingerprint density at radius 1 is 0.588 bits per heavy atom. The van der Waals surface area contributed by atoms with Crippen LogP contribution in [0.5, 0.6) is 0 Å². The van der Waals surface area contributed by atoms with E-state index in [1.165, 1.54) is 0 Å². The molecule has 3 heterocycles. The fourth-order valence-corrected chi connectivity index (χ4v) is 3.89. The van der Waals surface area contributed by atoms with Gasteiger partial charge in [-0.25, -0.2) is 8.78 Å². The first-order chi connectivity index (χ1) is 16.0. The van der Waals surface area contributed by atoms with Crippen molar-refractivity contribution in [2.75, 3.05) is 19.8 Å². The monoisotopic (exact) mass is 508 g/mol. The van der Waals surface area contributed by atoms with Gasteiger partial charge in [0.25, 0.3) is 0 Å². The first-order valence-electron chi connectivity index (χ1n) is 10.5. The van der Waals surface area contributed by atoms with Gasteiger partial charge in [-0.1, -0.05) is 0 Å². The van der Waals surface area contributed by atoms with Crippen LogP contribution in [0.3, 0.4) is 0 Å². The fraction of sp³-hybridized carbons (Fsp3) is 1.00. The van der Waals surface area contributed by atoms with Crippen LogP contribution in [0.1, 0.15) is 0 Å². The Morgan fingerprint density at radius 3 is 1.62 bits per heavy atom. The van der Waals surface area contributed by atoms with E-state index in [-0.39, 0.29) is 0 Å². The van der Waals surface area contributed by atoms with Crippen molar-refractivity contribution in [2.24, 2.45) is 0 Å². The molecule has 0 aliphatic carbocycles. The number of ether oxygens (including phenoxy) is 5. The minimum atomic E-state index is -2.36. The van der Waals surface area contributed by atoms with Gasteiger partial charge in [-0.05, 0) is 0 Å². The quantitative estimate of drug-likeness (QED) is 0.156. The molecule has 15 atom stereocenters. The van der Waals surface area contributed by atoms with Gasteiger partial charge >= 0.3 is 0 Å². The zero-order chi connectivity index (χ0) is 25.3. The van der Waals surface area contributed by atoms with E-state index in [9.17, 15) is 54.7 Å². The Kier molecular flexibility index (Phi) is 9.49. The molecule has 1 unspecified atom stereocenters. The van der Waals surface area contributed by atoms with Gasteiger partial charge in [0, 0.05) is 0 Å². The van der Waals surface area contributed by atoms with E-state index in [1.54, 1.807) is 0 Å². The highest BCUT2D eigenvalue weighted by Crippen LogP contribution is 2.31. The van der Waals surface area contributed by atoms with Gasteiger partial charge in [0.1, 0.15) is 61.0 Å². The zero-order valence-corrected chi connectivity index (χ0v) is 17.6. The molecule has 0 aromatic heterocycles. The number of hydrogen-bond donors (Lipinski definition) is 9. The molecule has 200 valence electrons. The summed E-state index contributed by atoms with van der Waals surface area (Å²) in [5.74, 6) is 0. The molecule has 16 heteroatoms. The van der Waals surface area contributed by atoms with Gasteiger partial charge in [0.2, 0.25) is 0 Å². The largest absolute Gasteiger partial charge is 0.394 e. The van der Waals surface area contributed by atoms with Crippen molar-refractivity contribution in [1.29, 1.82) is 0 Å². The van der Waals surface area contributed by atoms with Crippen LogP contribution >= 0.6 is 0 Å². The number of aliphatic hydroxyl groups is 9. The highest BCUT2D eigenvalue weighted by molar-refractivity contribution is 4.94. The van der Waals surface area contributed by atoms with E-state index in [0.29, 0.717) is 0 Å². The number of rotatable bonds is 7. The molecular formula is C18H30F2O14. The lowest BCUT2D eigenvalue weighted by Gasteiger charge is -2.45. The first kappa shape index (κ1) is 27.9. The highest BCUT2D eigenvalue weighted by Gasteiger charge is 2.52. The summed E-state index contributed by atoms with van der Waals surface area (Å²) in [6.07, 6.45) is -27.9. The molecule has 3 aliphatic heterocycles. The first-order valence-corrected chi connectivity index (χ1v) is 10.5. The van der Waals surface area contributed by atoms with Crippen molar-refractivity contribution in [1.82, 2.24) is 0 Å². The van der Waals surface area contributed by atoms with Gasteiger partial charge in [-0.3, -0.25) is 0 Å². The second kappa shape index (κ2) is 11.6. The minimum absolute atomic E-state index is 0.720. The van der Waals surface area contributed by atoms with Gasteiger partial charge in [-0.15, -0.1) is 0 Å². The maximum atomic E-state index is 14.4. The van der Waals surface area contributed by atoms with Crippen LogP contribution in [0.15, 0.2) is 0 Å². The van der Waals surface area contributed by atoms with Crippen molar-refractivity contribution in [3.8, 4) is 0 Å². The number of hydrogen-bond acceptors (Lipinski definition) is 14. The average molecular weight is 508 g/mol. The highest BCUT2D eigenvalue weighted by atomic mass is 19.1. The Labute approximate surface area is 191 Å². The second-order valence-corrected chi connectivity index (χ2v) is 8.28. The molecule has 0 aromatic carbocycles.